The molecule has 1 aromatic carbocycles. The SMILES string of the molecule is CCCCc1ccc(NC(=O)C(=O)Nc2cccnc2Cl)cc1. The van der Waals surface area contributed by atoms with Gasteiger partial charge >= 0.3 is 11.8 Å². The molecular weight excluding hydrogens is 314 g/mol. The Labute approximate surface area is 140 Å². The van der Waals surface area contributed by atoms with E-state index in [2.05, 4.69) is 22.5 Å². The molecule has 1 aromatic heterocycles. The van der Waals surface area contributed by atoms with E-state index >= 15 is 0 Å². The van der Waals surface area contributed by atoms with Gasteiger partial charge in [-0.3, -0.25) is 9.59 Å². The highest BCUT2D eigenvalue weighted by atomic mass is 35.5. The summed E-state index contributed by atoms with van der Waals surface area (Å²) >= 11 is 5.83. The zero-order valence-corrected chi connectivity index (χ0v) is 13.6. The molecule has 0 bridgehead atoms. The Balaban J connectivity index is 1.93. The van der Waals surface area contributed by atoms with E-state index in [9.17, 15) is 9.59 Å². The molecule has 2 rings (SSSR count). The first kappa shape index (κ1) is 17.0. The molecule has 0 aliphatic rings. The molecule has 2 N–H and O–H groups in total. The number of halogens is 1. The van der Waals surface area contributed by atoms with E-state index in [1.165, 1.54) is 11.8 Å². The number of hydrogen-bond donors (Lipinski definition) is 2. The van der Waals surface area contributed by atoms with Crippen molar-refractivity contribution < 1.29 is 9.59 Å². The van der Waals surface area contributed by atoms with Crippen LogP contribution in [0.4, 0.5) is 11.4 Å². The van der Waals surface area contributed by atoms with Gasteiger partial charge in [0, 0.05) is 11.9 Å². The van der Waals surface area contributed by atoms with E-state index < -0.39 is 11.8 Å². The van der Waals surface area contributed by atoms with Gasteiger partial charge in [-0.2, -0.15) is 0 Å². The van der Waals surface area contributed by atoms with Crippen LogP contribution in [0.15, 0.2) is 42.6 Å². The summed E-state index contributed by atoms with van der Waals surface area (Å²) in [6, 6.07) is 10.7. The van der Waals surface area contributed by atoms with Crippen LogP contribution in [0.5, 0.6) is 0 Å². The molecule has 2 aromatic rings. The summed E-state index contributed by atoms with van der Waals surface area (Å²) in [5.74, 6) is -1.55. The minimum absolute atomic E-state index is 0.133. The summed E-state index contributed by atoms with van der Waals surface area (Å²) in [7, 11) is 0. The number of unbranched alkanes of at least 4 members (excludes halogenated alkanes) is 1. The fourth-order valence-electron chi connectivity index (χ4n) is 1.98. The van der Waals surface area contributed by atoms with Crippen LogP contribution in [0.2, 0.25) is 5.15 Å². The largest absolute Gasteiger partial charge is 0.318 e. The lowest BCUT2D eigenvalue weighted by Gasteiger charge is -2.08. The Bertz CT molecular complexity index is 686. The van der Waals surface area contributed by atoms with Gasteiger partial charge in [0.15, 0.2) is 5.15 Å². The number of hydrogen-bond acceptors (Lipinski definition) is 3. The quantitative estimate of drug-likeness (QED) is 0.649. The second-order valence-corrected chi connectivity index (χ2v) is 5.41. The summed E-state index contributed by atoms with van der Waals surface area (Å²) in [6.07, 6.45) is 4.76. The molecule has 2 amide bonds. The van der Waals surface area contributed by atoms with Crippen LogP contribution in [0.25, 0.3) is 0 Å². The van der Waals surface area contributed by atoms with Gasteiger partial charge in [0.25, 0.3) is 0 Å². The third kappa shape index (κ3) is 5.07. The summed E-state index contributed by atoms with van der Waals surface area (Å²) in [4.78, 5) is 27.6. The van der Waals surface area contributed by atoms with Crippen LogP contribution in [-0.2, 0) is 16.0 Å². The first-order valence-corrected chi connectivity index (χ1v) is 7.79. The average molecular weight is 332 g/mol. The molecule has 0 unspecified atom stereocenters. The maximum absolute atomic E-state index is 11.9. The predicted octanol–water partition coefficient (Wildman–Crippen LogP) is 3.65. The van der Waals surface area contributed by atoms with Crippen LogP contribution in [-0.4, -0.2) is 16.8 Å². The lowest BCUT2D eigenvalue weighted by Crippen LogP contribution is -2.29. The molecule has 0 fully saturated rings. The lowest BCUT2D eigenvalue weighted by molar-refractivity contribution is -0.133. The van der Waals surface area contributed by atoms with Crippen molar-refractivity contribution in [2.45, 2.75) is 26.2 Å². The minimum Gasteiger partial charge on any atom is -0.318 e. The molecule has 0 spiro atoms. The van der Waals surface area contributed by atoms with E-state index in [1.54, 1.807) is 24.3 Å². The Morgan fingerprint density at radius 3 is 2.43 bits per heavy atom. The first-order chi connectivity index (χ1) is 11.1. The fraction of sp³-hybridized carbons (Fsp3) is 0.235. The van der Waals surface area contributed by atoms with Crippen molar-refractivity contribution in [1.82, 2.24) is 4.98 Å². The fourth-order valence-corrected chi connectivity index (χ4v) is 2.15. The van der Waals surface area contributed by atoms with Crippen molar-refractivity contribution in [2.24, 2.45) is 0 Å². The van der Waals surface area contributed by atoms with Crippen LogP contribution in [0.3, 0.4) is 0 Å². The van der Waals surface area contributed by atoms with Crippen molar-refractivity contribution in [3.63, 3.8) is 0 Å². The molecule has 5 nitrogen and oxygen atoms in total. The maximum Gasteiger partial charge on any atom is 0.314 e. The van der Waals surface area contributed by atoms with Gasteiger partial charge < -0.3 is 10.6 Å². The van der Waals surface area contributed by atoms with E-state index in [0.29, 0.717) is 11.4 Å². The number of amides is 2. The van der Waals surface area contributed by atoms with Crippen LogP contribution in [0.1, 0.15) is 25.3 Å². The summed E-state index contributed by atoms with van der Waals surface area (Å²) < 4.78 is 0. The van der Waals surface area contributed by atoms with Crippen molar-refractivity contribution in [3.05, 3.63) is 53.3 Å². The normalized spacial score (nSPS) is 10.2. The summed E-state index contributed by atoms with van der Waals surface area (Å²) in [5.41, 5.74) is 2.07. The van der Waals surface area contributed by atoms with Gasteiger partial charge in [-0.1, -0.05) is 37.1 Å². The maximum atomic E-state index is 11.9. The van der Waals surface area contributed by atoms with Crippen molar-refractivity contribution in [1.29, 1.82) is 0 Å². The van der Waals surface area contributed by atoms with E-state index in [1.807, 2.05) is 12.1 Å². The number of benzene rings is 1. The van der Waals surface area contributed by atoms with Crippen molar-refractivity contribution in [2.75, 3.05) is 10.6 Å². The van der Waals surface area contributed by atoms with Gasteiger partial charge in [0.05, 0.1) is 5.69 Å². The van der Waals surface area contributed by atoms with E-state index in [4.69, 9.17) is 11.6 Å². The average Bonchev–Trinajstić information content (AvgIpc) is 2.56. The molecule has 0 radical (unpaired) electrons. The highest BCUT2D eigenvalue weighted by Gasteiger charge is 2.15. The van der Waals surface area contributed by atoms with Crippen molar-refractivity contribution in [3.8, 4) is 0 Å². The second-order valence-electron chi connectivity index (χ2n) is 5.05. The van der Waals surface area contributed by atoms with Crippen LogP contribution < -0.4 is 10.6 Å². The van der Waals surface area contributed by atoms with Crippen LogP contribution >= 0.6 is 11.6 Å². The Kier molecular flexibility index (Phi) is 6.11. The van der Waals surface area contributed by atoms with Gasteiger partial charge in [0.1, 0.15) is 0 Å². The number of aromatic nitrogens is 1. The molecule has 6 heteroatoms. The Hall–Kier alpha value is -2.40. The van der Waals surface area contributed by atoms with Gasteiger partial charge in [-0.05, 0) is 42.7 Å². The minimum atomic E-state index is -0.796. The van der Waals surface area contributed by atoms with E-state index in [0.717, 1.165) is 19.3 Å². The first-order valence-electron chi connectivity index (χ1n) is 7.42. The molecular formula is C17H18ClN3O2. The number of pyridine rings is 1. The Morgan fingerprint density at radius 1 is 1.09 bits per heavy atom. The molecule has 0 aliphatic carbocycles. The molecule has 120 valence electrons. The number of nitrogens with one attached hydrogen (secondary N) is 2. The third-order valence-electron chi connectivity index (χ3n) is 3.24. The zero-order chi connectivity index (χ0) is 16.7. The highest BCUT2D eigenvalue weighted by Crippen LogP contribution is 2.17. The van der Waals surface area contributed by atoms with Crippen LogP contribution in [0, 0.1) is 0 Å². The predicted molar refractivity (Wildman–Crippen MR) is 91.6 cm³/mol. The third-order valence-corrected chi connectivity index (χ3v) is 3.55. The number of carbonyl (C=O) groups excluding carboxylic acids is 2. The van der Waals surface area contributed by atoms with Gasteiger partial charge in [-0.15, -0.1) is 0 Å². The number of anilines is 2. The topological polar surface area (TPSA) is 71.1 Å². The Morgan fingerprint density at radius 2 is 1.78 bits per heavy atom. The van der Waals surface area contributed by atoms with Crippen molar-refractivity contribution >= 4 is 34.8 Å². The summed E-state index contributed by atoms with van der Waals surface area (Å²) in [5, 5.41) is 5.11. The number of carbonyl (C=O) groups is 2. The second kappa shape index (κ2) is 8.29. The molecule has 0 saturated heterocycles. The van der Waals surface area contributed by atoms with E-state index in [-0.39, 0.29) is 5.15 Å². The standard InChI is InChI=1S/C17H18ClN3O2/c1-2-3-5-12-7-9-13(10-8-12)20-16(22)17(23)21-14-6-4-11-19-15(14)18/h4,6-11H,2-3,5H2,1H3,(H,20,22)(H,21,23). The molecule has 0 atom stereocenters. The lowest BCUT2D eigenvalue weighted by atomic mass is 10.1. The van der Waals surface area contributed by atoms with Gasteiger partial charge in [0.2, 0.25) is 0 Å². The van der Waals surface area contributed by atoms with Gasteiger partial charge in [-0.25, -0.2) is 4.98 Å². The molecule has 23 heavy (non-hydrogen) atoms. The highest BCUT2D eigenvalue weighted by molar-refractivity contribution is 6.44. The zero-order valence-electron chi connectivity index (χ0n) is 12.8. The molecule has 0 saturated carbocycles. The molecule has 0 aliphatic heterocycles. The summed E-state index contributed by atoms with van der Waals surface area (Å²) in [6.45, 7) is 2.14. The molecule has 1 heterocycles. The monoisotopic (exact) mass is 331 g/mol. The number of nitrogens with zero attached hydrogens (tertiary/aromatic N) is 1. The smallest absolute Gasteiger partial charge is 0.314 e. The number of aryl methyl sites for hydroxylation is 1. The number of rotatable bonds is 5.